The number of ether oxygens (including phenoxy) is 1. The van der Waals surface area contributed by atoms with Crippen LogP contribution in [0.3, 0.4) is 0 Å². The quantitative estimate of drug-likeness (QED) is 0.416. The van der Waals surface area contributed by atoms with Crippen LogP contribution in [0.1, 0.15) is 6.92 Å². The zero-order chi connectivity index (χ0) is 9.72. The van der Waals surface area contributed by atoms with Crippen molar-refractivity contribution < 1.29 is 14.3 Å². The number of nitrogens with two attached hydrogens (primary N) is 2. The molecule has 5 nitrogen and oxygen atoms in total. The number of hydrogen-bond donors (Lipinski definition) is 2. The van der Waals surface area contributed by atoms with Crippen molar-refractivity contribution in [3.63, 3.8) is 0 Å². The van der Waals surface area contributed by atoms with Gasteiger partial charge in [-0.2, -0.15) is 0 Å². The summed E-state index contributed by atoms with van der Waals surface area (Å²) in [6.45, 7) is 4.64. The Morgan fingerprint density at radius 2 is 2.08 bits per heavy atom. The van der Waals surface area contributed by atoms with E-state index in [0.29, 0.717) is 0 Å². The fourth-order valence-electron chi connectivity index (χ4n) is 0.371. The number of carbonyl (C=O) groups is 2. The van der Waals surface area contributed by atoms with Crippen LogP contribution in [0.4, 0.5) is 0 Å². The maximum atomic E-state index is 10.7. The highest BCUT2D eigenvalue weighted by atomic mass is 16.5. The Labute approximate surface area is 70.4 Å². The van der Waals surface area contributed by atoms with Crippen molar-refractivity contribution in [3.8, 4) is 0 Å². The van der Waals surface area contributed by atoms with Crippen LogP contribution in [0.5, 0.6) is 0 Å². The summed E-state index contributed by atoms with van der Waals surface area (Å²) >= 11 is 0. The van der Waals surface area contributed by atoms with E-state index in [4.69, 9.17) is 11.5 Å². The number of hydrogen-bond acceptors (Lipinski definition) is 4. The van der Waals surface area contributed by atoms with Gasteiger partial charge in [0.25, 0.3) is 0 Å². The number of carbonyl (C=O) groups excluding carboxylic acids is 2. The third kappa shape index (κ3) is 3.72. The maximum Gasteiger partial charge on any atom is 0.333 e. The molecule has 12 heavy (non-hydrogen) atoms. The lowest BCUT2D eigenvalue weighted by molar-refractivity contribution is -0.140. The van der Waals surface area contributed by atoms with E-state index in [2.05, 4.69) is 11.3 Å². The van der Waals surface area contributed by atoms with E-state index in [1.54, 1.807) is 0 Å². The molecule has 0 aromatic heterocycles. The third-order valence-corrected chi connectivity index (χ3v) is 1.11. The van der Waals surface area contributed by atoms with E-state index in [1.165, 1.54) is 6.92 Å². The van der Waals surface area contributed by atoms with Gasteiger partial charge in [0.05, 0.1) is 0 Å². The minimum Gasteiger partial charge on any atom is -0.460 e. The molecule has 0 aromatic rings. The Kier molecular flexibility index (Phi) is 3.99. The SMILES string of the molecule is C=C(C)C(=O)OCC(N)C(N)=O. The first-order valence-electron chi connectivity index (χ1n) is 3.32. The molecule has 0 saturated heterocycles. The summed E-state index contributed by atoms with van der Waals surface area (Å²) in [5.41, 5.74) is 10.3. The number of rotatable bonds is 4. The second kappa shape index (κ2) is 4.50. The molecule has 0 spiro atoms. The summed E-state index contributed by atoms with van der Waals surface area (Å²) in [7, 11) is 0. The number of primary amides is 1. The topological polar surface area (TPSA) is 95.4 Å². The fraction of sp³-hybridized carbons (Fsp3) is 0.429. The van der Waals surface area contributed by atoms with Gasteiger partial charge in [-0.1, -0.05) is 6.58 Å². The van der Waals surface area contributed by atoms with E-state index >= 15 is 0 Å². The molecule has 0 heterocycles. The molecule has 0 aliphatic heterocycles. The van der Waals surface area contributed by atoms with Gasteiger partial charge in [-0.15, -0.1) is 0 Å². The van der Waals surface area contributed by atoms with Gasteiger partial charge in [0.15, 0.2) is 0 Å². The van der Waals surface area contributed by atoms with Crippen molar-refractivity contribution in [3.05, 3.63) is 12.2 Å². The first-order chi connectivity index (χ1) is 5.45. The van der Waals surface area contributed by atoms with E-state index in [1.807, 2.05) is 0 Å². The molecule has 68 valence electrons. The molecule has 0 aliphatic carbocycles. The average molecular weight is 172 g/mol. The van der Waals surface area contributed by atoms with Gasteiger partial charge in [-0.3, -0.25) is 4.79 Å². The summed E-state index contributed by atoms with van der Waals surface area (Å²) in [5, 5.41) is 0. The molecule has 1 atom stereocenters. The molecule has 0 bridgehead atoms. The molecule has 0 aliphatic rings. The first kappa shape index (κ1) is 10.6. The van der Waals surface area contributed by atoms with Crippen LogP contribution in [0.15, 0.2) is 12.2 Å². The van der Waals surface area contributed by atoms with Gasteiger partial charge in [0.1, 0.15) is 12.6 Å². The van der Waals surface area contributed by atoms with Crippen molar-refractivity contribution in [1.29, 1.82) is 0 Å². The Hall–Kier alpha value is -1.36. The lowest BCUT2D eigenvalue weighted by atomic mass is 10.3. The zero-order valence-electron chi connectivity index (χ0n) is 6.87. The van der Waals surface area contributed by atoms with Crippen molar-refractivity contribution >= 4 is 11.9 Å². The fourth-order valence-corrected chi connectivity index (χ4v) is 0.371. The summed E-state index contributed by atoms with van der Waals surface area (Å²) in [4.78, 5) is 21.1. The van der Waals surface area contributed by atoms with Gasteiger partial charge < -0.3 is 16.2 Å². The molecule has 0 aromatic carbocycles. The Morgan fingerprint density at radius 3 is 2.42 bits per heavy atom. The van der Waals surface area contributed by atoms with Crippen LogP contribution in [0.2, 0.25) is 0 Å². The predicted molar refractivity (Wildman–Crippen MR) is 42.9 cm³/mol. The Morgan fingerprint density at radius 1 is 1.58 bits per heavy atom. The highest BCUT2D eigenvalue weighted by Crippen LogP contribution is 1.92. The van der Waals surface area contributed by atoms with E-state index < -0.39 is 17.9 Å². The van der Waals surface area contributed by atoms with Crippen LogP contribution in [0.25, 0.3) is 0 Å². The molecule has 0 rings (SSSR count). The molecule has 5 heteroatoms. The normalized spacial score (nSPS) is 11.8. The van der Waals surface area contributed by atoms with Gasteiger partial charge >= 0.3 is 5.97 Å². The van der Waals surface area contributed by atoms with Crippen LogP contribution in [0, 0.1) is 0 Å². The number of amides is 1. The average Bonchev–Trinajstić information content (AvgIpc) is 1.98. The van der Waals surface area contributed by atoms with Crippen molar-refractivity contribution in [1.82, 2.24) is 0 Å². The molecule has 4 N–H and O–H groups in total. The highest BCUT2D eigenvalue weighted by Gasteiger charge is 2.12. The van der Waals surface area contributed by atoms with Crippen molar-refractivity contribution in [2.45, 2.75) is 13.0 Å². The smallest absolute Gasteiger partial charge is 0.333 e. The molecule has 0 fully saturated rings. The van der Waals surface area contributed by atoms with Crippen LogP contribution in [-0.2, 0) is 14.3 Å². The van der Waals surface area contributed by atoms with Gasteiger partial charge in [0, 0.05) is 5.57 Å². The molecule has 0 saturated carbocycles. The van der Waals surface area contributed by atoms with Gasteiger partial charge in [-0.25, -0.2) is 4.79 Å². The summed E-state index contributed by atoms with van der Waals surface area (Å²) in [5.74, 6) is -1.28. The third-order valence-electron chi connectivity index (χ3n) is 1.11. The largest absolute Gasteiger partial charge is 0.460 e. The minimum atomic E-state index is -0.951. The van der Waals surface area contributed by atoms with Crippen molar-refractivity contribution in [2.75, 3.05) is 6.61 Å². The van der Waals surface area contributed by atoms with Crippen LogP contribution in [-0.4, -0.2) is 24.5 Å². The first-order valence-corrected chi connectivity index (χ1v) is 3.32. The van der Waals surface area contributed by atoms with Gasteiger partial charge in [-0.05, 0) is 6.92 Å². The summed E-state index contributed by atoms with van der Waals surface area (Å²) < 4.78 is 4.56. The Bertz CT molecular complexity index is 213. The number of esters is 1. The summed E-state index contributed by atoms with van der Waals surface area (Å²) in [6.07, 6.45) is 0. The van der Waals surface area contributed by atoms with Crippen LogP contribution >= 0.6 is 0 Å². The second-order valence-corrected chi connectivity index (χ2v) is 2.39. The molecular weight excluding hydrogens is 160 g/mol. The molecular formula is C7H12N2O3. The maximum absolute atomic E-state index is 10.7. The monoisotopic (exact) mass is 172 g/mol. The van der Waals surface area contributed by atoms with Gasteiger partial charge in [0.2, 0.25) is 5.91 Å². The molecule has 0 radical (unpaired) electrons. The molecule has 1 amide bonds. The van der Waals surface area contributed by atoms with Crippen molar-refractivity contribution in [2.24, 2.45) is 11.5 Å². The van der Waals surface area contributed by atoms with Crippen LogP contribution < -0.4 is 11.5 Å². The lowest BCUT2D eigenvalue weighted by Gasteiger charge is -2.07. The Balaban J connectivity index is 3.76. The lowest BCUT2D eigenvalue weighted by Crippen LogP contribution is -2.40. The predicted octanol–water partition coefficient (Wildman–Crippen LogP) is -1.08. The standard InChI is InChI=1S/C7H12N2O3/c1-4(2)7(11)12-3-5(8)6(9)10/h5H,1,3,8H2,2H3,(H2,9,10). The second-order valence-electron chi connectivity index (χ2n) is 2.39. The van der Waals surface area contributed by atoms with E-state index in [-0.39, 0.29) is 12.2 Å². The minimum absolute atomic E-state index is 0.207. The zero-order valence-corrected chi connectivity index (χ0v) is 6.87. The highest BCUT2D eigenvalue weighted by molar-refractivity contribution is 5.87. The van der Waals surface area contributed by atoms with E-state index in [0.717, 1.165) is 0 Å². The molecule has 1 unspecified atom stereocenters. The van der Waals surface area contributed by atoms with E-state index in [9.17, 15) is 9.59 Å². The summed E-state index contributed by atoms with van der Waals surface area (Å²) in [6, 6.07) is -0.951.